The Hall–Kier alpha value is -1.09. The topological polar surface area (TPSA) is 28.7 Å². The van der Waals surface area contributed by atoms with E-state index in [9.17, 15) is 0 Å². The molecule has 0 atom stereocenters. The number of thiophene rings is 1. The summed E-state index contributed by atoms with van der Waals surface area (Å²) in [5.74, 6) is 0. The second-order valence-electron chi connectivity index (χ2n) is 1.95. The number of H-pyrrole nitrogens is 1. The molecule has 2 rings (SSSR count). The minimum absolute atomic E-state index is 0. The first-order valence-electron chi connectivity index (χ1n) is 4.00. The number of nitrogens with zero attached hydrogens (tertiary/aromatic N) is 1. The number of nitrogens with one attached hydrogen (secondary N) is 1. The van der Waals surface area contributed by atoms with E-state index in [4.69, 9.17) is 0 Å². The van der Waals surface area contributed by atoms with Crippen LogP contribution >= 0.6 is 11.3 Å². The van der Waals surface area contributed by atoms with Gasteiger partial charge in [0.05, 0.1) is 10.6 Å². The van der Waals surface area contributed by atoms with Crippen molar-refractivity contribution in [1.29, 1.82) is 0 Å². The minimum Gasteiger partial charge on any atom is -0.277 e. The largest absolute Gasteiger partial charge is 0.277 e. The van der Waals surface area contributed by atoms with Gasteiger partial charge in [-0.15, -0.1) is 11.3 Å². The smallest absolute Gasteiger partial charge is 0.0749 e. The molecule has 2 nitrogen and oxygen atoms in total. The van der Waals surface area contributed by atoms with E-state index in [1.165, 1.54) is 4.88 Å². The quantitative estimate of drug-likeness (QED) is 0.719. The van der Waals surface area contributed by atoms with Gasteiger partial charge in [-0.05, 0) is 17.5 Å². The third-order valence-electron chi connectivity index (χ3n) is 1.29. The van der Waals surface area contributed by atoms with Crippen LogP contribution in [0.5, 0.6) is 0 Å². The molecule has 0 fully saturated rings. The fraction of sp³-hybridized carbons (Fsp3) is 0.222. The van der Waals surface area contributed by atoms with Crippen LogP contribution in [-0.4, -0.2) is 10.2 Å². The summed E-state index contributed by atoms with van der Waals surface area (Å²) in [4.78, 5) is 1.23. The monoisotopic (exact) mass is 182 g/mol. The van der Waals surface area contributed by atoms with E-state index in [1.54, 1.807) is 17.5 Å². The van der Waals surface area contributed by atoms with Gasteiger partial charge in [-0.3, -0.25) is 5.10 Å². The molecule has 0 aliphatic heterocycles. The van der Waals surface area contributed by atoms with Crippen LogP contribution in [0.4, 0.5) is 0 Å². The van der Waals surface area contributed by atoms with Gasteiger partial charge in [0.2, 0.25) is 0 Å². The van der Waals surface area contributed by atoms with E-state index in [2.05, 4.69) is 21.6 Å². The van der Waals surface area contributed by atoms with Gasteiger partial charge in [0.1, 0.15) is 0 Å². The maximum absolute atomic E-state index is 3.86. The Kier molecular flexibility index (Phi) is 3.54. The van der Waals surface area contributed by atoms with E-state index >= 15 is 0 Å². The SMILES string of the molecule is CC.[HH].c1csc(-c2ccn[nH]2)c1. The zero-order valence-corrected chi connectivity index (χ0v) is 8.06. The second-order valence-corrected chi connectivity index (χ2v) is 2.90. The zero-order chi connectivity index (χ0) is 8.81. The number of hydrogen-bond acceptors (Lipinski definition) is 2. The van der Waals surface area contributed by atoms with Crippen molar-refractivity contribution >= 4 is 11.3 Å². The molecule has 3 heteroatoms. The molecule has 66 valence electrons. The van der Waals surface area contributed by atoms with Crippen LogP contribution in [-0.2, 0) is 0 Å². The molecular formula is C9H14N2S. The van der Waals surface area contributed by atoms with Crippen molar-refractivity contribution in [2.24, 2.45) is 0 Å². The predicted octanol–water partition coefficient (Wildman–Crippen LogP) is 3.41. The molecule has 0 aromatic carbocycles. The summed E-state index contributed by atoms with van der Waals surface area (Å²) in [6, 6.07) is 6.06. The highest BCUT2D eigenvalue weighted by Gasteiger charge is 1.96. The number of aromatic nitrogens is 2. The molecule has 2 aromatic heterocycles. The molecule has 0 saturated heterocycles. The Labute approximate surface area is 77.7 Å². The highest BCUT2D eigenvalue weighted by Crippen LogP contribution is 2.21. The Morgan fingerprint density at radius 3 is 2.75 bits per heavy atom. The summed E-state index contributed by atoms with van der Waals surface area (Å²) in [7, 11) is 0. The summed E-state index contributed by atoms with van der Waals surface area (Å²) in [5.41, 5.74) is 1.09. The van der Waals surface area contributed by atoms with Crippen LogP contribution in [0, 0.1) is 0 Å². The average Bonchev–Trinajstić information content (AvgIpc) is 2.80. The van der Waals surface area contributed by atoms with Crippen molar-refractivity contribution in [3.63, 3.8) is 0 Å². The van der Waals surface area contributed by atoms with Crippen LogP contribution in [0.1, 0.15) is 15.3 Å². The van der Waals surface area contributed by atoms with Gasteiger partial charge >= 0.3 is 0 Å². The lowest BCUT2D eigenvalue weighted by molar-refractivity contribution is 1.10. The highest BCUT2D eigenvalue weighted by molar-refractivity contribution is 7.13. The van der Waals surface area contributed by atoms with Crippen LogP contribution in [0.15, 0.2) is 29.8 Å². The van der Waals surface area contributed by atoms with Crippen molar-refractivity contribution in [3.8, 4) is 10.6 Å². The average molecular weight is 182 g/mol. The normalized spacial score (nSPS) is 8.83. The van der Waals surface area contributed by atoms with Gasteiger partial charge in [-0.2, -0.15) is 5.10 Å². The lowest BCUT2D eigenvalue weighted by Crippen LogP contribution is -1.69. The van der Waals surface area contributed by atoms with Crippen LogP contribution < -0.4 is 0 Å². The first kappa shape index (κ1) is 9.00. The van der Waals surface area contributed by atoms with Gasteiger partial charge < -0.3 is 0 Å². The Morgan fingerprint density at radius 1 is 1.42 bits per heavy atom. The van der Waals surface area contributed by atoms with Crippen molar-refractivity contribution in [2.75, 3.05) is 0 Å². The number of aromatic amines is 1. The van der Waals surface area contributed by atoms with E-state index in [0.717, 1.165) is 5.69 Å². The maximum atomic E-state index is 3.86. The van der Waals surface area contributed by atoms with Crippen molar-refractivity contribution < 1.29 is 1.43 Å². The van der Waals surface area contributed by atoms with Crippen LogP contribution in [0.2, 0.25) is 0 Å². The molecule has 1 N–H and O–H groups in total. The zero-order valence-electron chi connectivity index (χ0n) is 7.24. The Bertz CT molecular complexity index is 257. The van der Waals surface area contributed by atoms with Gasteiger partial charge in [-0.25, -0.2) is 0 Å². The minimum atomic E-state index is 0. The molecule has 0 bridgehead atoms. The molecule has 0 aliphatic carbocycles. The van der Waals surface area contributed by atoms with Crippen LogP contribution in [0.3, 0.4) is 0 Å². The molecule has 2 heterocycles. The fourth-order valence-electron chi connectivity index (χ4n) is 0.825. The third-order valence-corrected chi connectivity index (χ3v) is 2.19. The molecular weight excluding hydrogens is 168 g/mol. The lowest BCUT2D eigenvalue weighted by atomic mass is 10.4. The summed E-state index contributed by atoms with van der Waals surface area (Å²) in [6.07, 6.45) is 1.76. The van der Waals surface area contributed by atoms with Gasteiger partial charge in [0.15, 0.2) is 0 Å². The maximum Gasteiger partial charge on any atom is 0.0749 e. The third kappa shape index (κ3) is 1.95. The molecule has 0 radical (unpaired) electrons. The first-order chi connectivity index (χ1) is 5.97. The molecule has 0 amide bonds. The molecule has 0 saturated carbocycles. The van der Waals surface area contributed by atoms with Crippen LogP contribution in [0.25, 0.3) is 10.6 Å². The van der Waals surface area contributed by atoms with E-state index in [0.29, 0.717) is 0 Å². The second kappa shape index (κ2) is 4.72. The Balaban J connectivity index is 0.000000451. The van der Waals surface area contributed by atoms with Crippen molar-refractivity contribution in [2.45, 2.75) is 13.8 Å². The summed E-state index contributed by atoms with van der Waals surface area (Å²) in [5, 5.41) is 8.81. The van der Waals surface area contributed by atoms with Crippen molar-refractivity contribution in [1.82, 2.24) is 10.2 Å². The fourth-order valence-corrected chi connectivity index (χ4v) is 1.53. The highest BCUT2D eigenvalue weighted by atomic mass is 32.1. The lowest BCUT2D eigenvalue weighted by Gasteiger charge is -1.85. The molecule has 0 unspecified atom stereocenters. The molecule has 0 spiro atoms. The van der Waals surface area contributed by atoms with E-state index in [1.807, 2.05) is 26.0 Å². The Morgan fingerprint density at radius 2 is 2.25 bits per heavy atom. The predicted molar refractivity (Wildman–Crippen MR) is 55.4 cm³/mol. The van der Waals surface area contributed by atoms with Gasteiger partial charge in [-0.1, -0.05) is 19.9 Å². The first-order valence-corrected chi connectivity index (χ1v) is 4.88. The van der Waals surface area contributed by atoms with E-state index < -0.39 is 0 Å². The summed E-state index contributed by atoms with van der Waals surface area (Å²) >= 11 is 1.71. The summed E-state index contributed by atoms with van der Waals surface area (Å²) in [6.45, 7) is 4.00. The van der Waals surface area contributed by atoms with E-state index in [-0.39, 0.29) is 1.43 Å². The summed E-state index contributed by atoms with van der Waals surface area (Å²) < 4.78 is 0. The standard InChI is InChI=1S/C7H6N2S.C2H6.H2/c1-2-7(10-5-1)6-3-4-8-9-6;1-2;/h1-5H,(H,8,9);1-2H3;1H. The van der Waals surface area contributed by atoms with Crippen molar-refractivity contribution in [3.05, 3.63) is 29.8 Å². The number of hydrogen-bond donors (Lipinski definition) is 1. The molecule has 0 aliphatic rings. The van der Waals surface area contributed by atoms with Gasteiger partial charge in [0, 0.05) is 7.62 Å². The molecule has 2 aromatic rings. The number of rotatable bonds is 1. The van der Waals surface area contributed by atoms with Gasteiger partial charge in [0.25, 0.3) is 0 Å². The molecule has 12 heavy (non-hydrogen) atoms.